The van der Waals surface area contributed by atoms with Crippen LogP contribution in [0.25, 0.3) is 0 Å². The van der Waals surface area contributed by atoms with Gasteiger partial charge in [0.05, 0.1) is 12.2 Å². The van der Waals surface area contributed by atoms with Crippen molar-refractivity contribution in [1.29, 1.82) is 0 Å². The Kier molecular flexibility index (Phi) is 4.61. The van der Waals surface area contributed by atoms with Gasteiger partial charge in [0.15, 0.2) is 5.76 Å². The molecule has 0 aliphatic carbocycles. The molecule has 0 saturated carbocycles. The molecule has 0 amide bonds. The van der Waals surface area contributed by atoms with Gasteiger partial charge in [0.2, 0.25) is 0 Å². The summed E-state index contributed by atoms with van der Waals surface area (Å²) in [4.78, 5) is 0. The van der Waals surface area contributed by atoms with Gasteiger partial charge in [-0.2, -0.15) is 0 Å². The maximum Gasteiger partial charge on any atom is 0.150 e. The average Bonchev–Trinajstić information content (AvgIpc) is 2.80. The molecule has 1 unspecified atom stereocenters. The van der Waals surface area contributed by atoms with E-state index < -0.39 is 0 Å². The molecular formula is C17H24N2O. The quantitative estimate of drug-likeness (QED) is 0.884. The number of aromatic nitrogens is 1. The van der Waals surface area contributed by atoms with Crippen LogP contribution in [-0.2, 0) is 6.54 Å². The number of hydrogen-bond donors (Lipinski definition) is 1. The van der Waals surface area contributed by atoms with Crippen molar-refractivity contribution >= 4 is 0 Å². The summed E-state index contributed by atoms with van der Waals surface area (Å²) in [6.45, 7) is 9.45. The van der Waals surface area contributed by atoms with Gasteiger partial charge in [0, 0.05) is 12.1 Å². The Morgan fingerprint density at radius 2 is 1.90 bits per heavy atom. The number of aryl methyl sites for hydroxylation is 1. The third-order valence-electron chi connectivity index (χ3n) is 3.22. The van der Waals surface area contributed by atoms with Gasteiger partial charge in [0.25, 0.3) is 0 Å². The molecule has 0 aliphatic heterocycles. The van der Waals surface area contributed by atoms with Crippen LogP contribution < -0.4 is 5.32 Å². The fraction of sp³-hybridized carbons (Fsp3) is 0.471. The average molecular weight is 272 g/mol. The van der Waals surface area contributed by atoms with Gasteiger partial charge in [-0.1, -0.05) is 56.3 Å². The molecule has 0 bridgehead atoms. The highest BCUT2D eigenvalue weighted by molar-refractivity contribution is 5.19. The molecule has 20 heavy (non-hydrogen) atoms. The van der Waals surface area contributed by atoms with Crippen LogP contribution in [0.15, 0.2) is 40.9 Å². The second-order valence-corrected chi connectivity index (χ2v) is 6.54. The Hall–Kier alpha value is -1.61. The number of hydrogen-bond acceptors (Lipinski definition) is 3. The summed E-state index contributed by atoms with van der Waals surface area (Å²) >= 11 is 0. The molecule has 1 aromatic carbocycles. The molecule has 0 fully saturated rings. The number of nitrogens with one attached hydrogen (secondary N) is 1. The third-order valence-corrected chi connectivity index (χ3v) is 3.22. The van der Waals surface area contributed by atoms with Gasteiger partial charge >= 0.3 is 0 Å². The topological polar surface area (TPSA) is 38.1 Å². The minimum Gasteiger partial charge on any atom is -0.360 e. The largest absolute Gasteiger partial charge is 0.360 e. The van der Waals surface area contributed by atoms with Gasteiger partial charge in [-0.15, -0.1) is 0 Å². The second-order valence-electron chi connectivity index (χ2n) is 6.54. The van der Waals surface area contributed by atoms with Gasteiger partial charge < -0.3 is 9.84 Å². The van der Waals surface area contributed by atoms with Crippen LogP contribution in [-0.4, -0.2) is 5.16 Å². The lowest BCUT2D eigenvalue weighted by atomic mass is 9.85. The first-order valence-electron chi connectivity index (χ1n) is 7.14. The Bertz CT molecular complexity index is 525. The van der Waals surface area contributed by atoms with E-state index in [0.29, 0.717) is 12.6 Å². The van der Waals surface area contributed by atoms with E-state index >= 15 is 0 Å². The summed E-state index contributed by atoms with van der Waals surface area (Å²) in [7, 11) is 0. The Morgan fingerprint density at radius 1 is 1.20 bits per heavy atom. The summed E-state index contributed by atoms with van der Waals surface area (Å²) in [6.07, 6.45) is 1.07. The molecule has 3 heteroatoms. The number of nitrogens with zero attached hydrogens (tertiary/aromatic N) is 1. The molecule has 0 aliphatic rings. The first kappa shape index (κ1) is 14.8. The summed E-state index contributed by atoms with van der Waals surface area (Å²) < 4.78 is 5.27. The molecular weight excluding hydrogens is 248 g/mol. The summed E-state index contributed by atoms with van der Waals surface area (Å²) in [6, 6.07) is 12.9. The van der Waals surface area contributed by atoms with Crippen molar-refractivity contribution in [3.8, 4) is 0 Å². The normalized spacial score (nSPS) is 13.4. The molecule has 0 spiro atoms. The molecule has 1 aromatic heterocycles. The fourth-order valence-electron chi connectivity index (χ4n) is 2.33. The van der Waals surface area contributed by atoms with Crippen molar-refractivity contribution in [2.75, 3.05) is 0 Å². The molecule has 2 rings (SSSR count). The SMILES string of the molecule is Cc1cc(CNC(CC(C)(C)C)c2ccccc2)on1. The van der Waals surface area contributed by atoms with E-state index in [-0.39, 0.29) is 5.41 Å². The molecule has 2 aromatic rings. The second kappa shape index (κ2) is 6.23. The smallest absolute Gasteiger partial charge is 0.150 e. The standard InChI is InChI=1S/C17H24N2O/c1-13-10-15(20-19-13)12-18-16(11-17(2,3)4)14-8-6-5-7-9-14/h5-10,16,18H,11-12H2,1-4H3. The first-order valence-corrected chi connectivity index (χ1v) is 7.14. The molecule has 108 valence electrons. The van der Waals surface area contributed by atoms with E-state index in [4.69, 9.17) is 4.52 Å². The monoisotopic (exact) mass is 272 g/mol. The van der Waals surface area contributed by atoms with Crippen LogP contribution in [0.2, 0.25) is 0 Å². The lowest BCUT2D eigenvalue weighted by Gasteiger charge is -2.27. The van der Waals surface area contributed by atoms with Crippen molar-refractivity contribution in [3.05, 3.63) is 53.4 Å². The van der Waals surface area contributed by atoms with Crippen LogP contribution in [0.3, 0.4) is 0 Å². The van der Waals surface area contributed by atoms with E-state index in [2.05, 4.69) is 61.6 Å². The van der Waals surface area contributed by atoms with E-state index in [0.717, 1.165) is 17.9 Å². The van der Waals surface area contributed by atoms with E-state index in [1.54, 1.807) is 0 Å². The van der Waals surface area contributed by atoms with Crippen LogP contribution in [0, 0.1) is 12.3 Å². The lowest BCUT2D eigenvalue weighted by Crippen LogP contribution is -2.25. The van der Waals surface area contributed by atoms with Gasteiger partial charge in [-0.3, -0.25) is 0 Å². The van der Waals surface area contributed by atoms with Gasteiger partial charge in [-0.25, -0.2) is 0 Å². The van der Waals surface area contributed by atoms with E-state index in [1.165, 1.54) is 5.56 Å². The van der Waals surface area contributed by atoms with Gasteiger partial charge in [0.1, 0.15) is 0 Å². The molecule has 0 radical (unpaired) electrons. The molecule has 1 atom stereocenters. The summed E-state index contributed by atoms with van der Waals surface area (Å²) in [5.74, 6) is 0.886. The number of benzene rings is 1. The van der Waals surface area contributed by atoms with E-state index in [9.17, 15) is 0 Å². The zero-order valence-electron chi connectivity index (χ0n) is 12.8. The zero-order chi connectivity index (χ0) is 14.6. The van der Waals surface area contributed by atoms with Crippen molar-refractivity contribution in [2.45, 2.75) is 46.7 Å². The molecule has 1 N–H and O–H groups in total. The minimum atomic E-state index is 0.269. The summed E-state index contributed by atoms with van der Waals surface area (Å²) in [5.41, 5.74) is 2.51. The van der Waals surface area contributed by atoms with Crippen LogP contribution in [0.1, 0.15) is 50.3 Å². The van der Waals surface area contributed by atoms with Crippen LogP contribution in [0.4, 0.5) is 0 Å². The minimum absolute atomic E-state index is 0.269. The molecule has 3 nitrogen and oxygen atoms in total. The first-order chi connectivity index (χ1) is 9.44. The summed E-state index contributed by atoms with van der Waals surface area (Å²) in [5, 5.41) is 7.52. The fourth-order valence-corrected chi connectivity index (χ4v) is 2.33. The van der Waals surface area contributed by atoms with Crippen LogP contribution in [0.5, 0.6) is 0 Å². The van der Waals surface area contributed by atoms with Crippen LogP contribution >= 0.6 is 0 Å². The Morgan fingerprint density at radius 3 is 2.45 bits per heavy atom. The van der Waals surface area contributed by atoms with Gasteiger partial charge in [-0.05, 0) is 24.3 Å². The van der Waals surface area contributed by atoms with Crippen molar-refractivity contribution in [2.24, 2.45) is 5.41 Å². The Balaban J connectivity index is 2.07. The predicted molar refractivity (Wildman–Crippen MR) is 81.3 cm³/mol. The zero-order valence-corrected chi connectivity index (χ0v) is 12.8. The predicted octanol–water partition coefficient (Wildman–Crippen LogP) is 4.25. The third kappa shape index (κ3) is 4.49. The molecule has 0 saturated heterocycles. The van der Waals surface area contributed by atoms with Crippen molar-refractivity contribution in [1.82, 2.24) is 10.5 Å². The maximum absolute atomic E-state index is 5.27. The highest BCUT2D eigenvalue weighted by atomic mass is 16.5. The van der Waals surface area contributed by atoms with E-state index in [1.807, 2.05) is 13.0 Å². The molecule has 1 heterocycles. The maximum atomic E-state index is 5.27. The van der Waals surface area contributed by atoms with Crippen molar-refractivity contribution in [3.63, 3.8) is 0 Å². The highest BCUT2D eigenvalue weighted by Gasteiger charge is 2.20. The highest BCUT2D eigenvalue weighted by Crippen LogP contribution is 2.29. The number of rotatable bonds is 5. The van der Waals surface area contributed by atoms with Crippen molar-refractivity contribution < 1.29 is 4.52 Å². The lowest BCUT2D eigenvalue weighted by molar-refractivity contribution is 0.297. The Labute approximate surface area is 121 Å².